The van der Waals surface area contributed by atoms with Crippen LogP contribution in [0.3, 0.4) is 0 Å². The Hall–Kier alpha value is -0.530. The number of rotatable bonds is 9. The lowest BCUT2D eigenvalue weighted by atomic mass is 10.00. The van der Waals surface area contributed by atoms with Gasteiger partial charge in [0.2, 0.25) is 0 Å². The number of unbranched alkanes of at least 4 members (excludes halogenated alkanes) is 3. The van der Waals surface area contributed by atoms with Gasteiger partial charge in [0.15, 0.2) is 0 Å². The van der Waals surface area contributed by atoms with Gasteiger partial charge in [-0.1, -0.05) is 52.9 Å². The summed E-state index contributed by atoms with van der Waals surface area (Å²) in [5.74, 6) is 0.494. The lowest BCUT2D eigenvalue weighted by molar-refractivity contribution is -0.145. The van der Waals surface area contributed by atoms with E-state index in [0.717, 1.165) is 19.3 Å². The van der Waals surface area contributed by atoms with E-state index < -0.39 is 0 Å². The molecule has 0 amide bonds. The molecule has 0 saturated carbocycles. The van der Waals surface area contributed by atoms with Gasteiger partial charge in [-0.15, -0.1) is 0 Å². The summed E-state index contributed by atoms with van der Waals surface area (Å²) in [6, 6.07) is 0. The molecule has 0 atom stereocenters. The second kappa shape index (κ2) is 10.0. The molecule has 0 spiro atoms. The van der Waals surface area contributed by atoms with Gasteiger partial charge < -0.3 is 4.74 Å². The van der Waals surface area contributed by atoms with E-state index in [2.05, 4.69) is 20.8 Å². The van der Waals surface area contributed by atoms with Crippen LogP contribution in [0.4, 0.5) is 0 Å². The Kier molecular flexibility index (Phi) is 9.65. The minimum Gasteiger partial charge on any atom is -0.466 e. The summed E-state index contributed by atoms with van der Waals surface area (Å²) in [6.45, 7) is 7.05. The van der Waals surface area contributed by atoms with Crippen LogP contribution in [0, 0.1) is 5.92 Å². The molecule has 2 heteroatoms. The fourth-order valence-corrected chi connectivity index (χ4v) is 1.59. The van der Waals surface area contributed by atoms with Crippen LogP contribution in [0.1, 0.15) is 65.7 Å². The molecule has 0 bridgehead atoms. The predicted octanol–water partition coefficient (Wildman–Crippen LogP) is 3.94. The number of carbonyl (C=O) groups is 1. The Morgan fingerprint density at radius 3 is 2.27 bits per heavy atom. The van der Waals surface area contributed by atoms with Crippen molar-refractivity contribution in [2.75, 3.05) is 6.61 Å². The Balaban J connectivity index is 3.40. The van der Waals surface area contributed by atoms with Crippen molar-refractivity contribution in [2.24, 2.45) is 5.92 Å². The molecule has 0 radical (unpaired) electrons. The molecular weight excluding hydrogens is 188 g/mol. The SMILES string of the molecule is CCCCCCOC(=O)CC(CC)CC. The first-order chi connectivity index (χ1) is 7.24. The third kappa shape index (κ3) is 8.46. The molecule has 0 heterocycles. The molecule has 0 rings (SSSR count). The summed E-state index contributed by atoms with van der Waals surface area (Å²) in [6.07, 6.45) is 7.40. The van der Waals surface area contributed by atoms with Crippen molar-refractivity contribution in [3.05, 3.63) is 0 Å². The molecule has 0 aliphatic carbocycles. The lowest BCUT2D eigenvalue weighted by Gasteiger charge is -2.11. The largest absolute Gasteiger partial charge is 0.466 e. The highest BCUT2D eigenvalue weighted by Gasteiger charge is 2.10. The molecule has 0 unspecified atom stereocenters. The van der Waals surface area contributed by atoms with Crippen LogP contribution in [0.5, 0.6) is 0 Å². The van der Waals surface area contributed by atoms with Gasteiger partial charge in [0, 0.05) is 6.42 Å². The normalized spacial score (nSPS) is 10.7. The summed E-state index contributed by atoms with van der Waals surface area (Å²) in [5, 5.41) is 0. The number of esters is 1. The minimum atomic E-state index is -0.0137. The van der Waals surface area contributed by atoms with Gasteiger partial charge in [0.05, 0.1) is 6.61 Å². The Morgan fingerprint density at radius 1 is 1.07 bits per heavy atom. The molecule has 90 valence electrons. The van der Waals surface area contributed by atoms with Crippen molar-refractivity contribution in [1.82, 2.24) is 0 Å². The van der Waals surface area contributed by atoms with Crippen LogP contribution in [-0.4, -0.2) is 12.6 Å². The monoisotopic (exact) mass is 214 g/mol. The molecule has 0 aromatic carbocycles. The van der Waals surface area contributed by atoms with Crippen LogP contribution in [0.15, 0.2) is 0 Å². The van der Waals surface area contributed by atoms with Crippen LogP contribution in [0.25, 0.3) is 0 Å². The summed E-state index contributed by atoms with van der Waals surface area (Å²) in [5.41, 5.74) is 0. The van der Waals surface area contributed by atoms with E-state index in [9.17, 15) is 4.79 Å². The zero-order chi connectivity index (χ0) is 11.5. The molecular formula is C13H26O2. The standard InChI is InChI=1S/C13H26O2/c1-4-7-8-9-10-15-13(14)11-12(5-2)6-3/h12H,4-11H2,1-3H3. The first-order valence-electron chi connectivity index (χ1n) is 6.40. The number of ether oxygens (including phenoxy) is 1. The lowest BCUT2D eigenvalue weighted by Crippen LogP contribution is -2.11. The molecule has 0 aliphatic heterocycles. The zero-order valence-corrected chi connectivity index (χ0v) is 10.6. The minimum absolute atomic E-state index is 0.0137. The fraction of sp³-hybridized carbons (Fsp3) is 0.923. The van der Waals surface area contributed by atoms with Gasteiger partial charge in [-0.2, -0.15) is 0 Å². The topological polar surface area (TPSA) is 26.3 Å². The van der Waals surface area contributed by atoms with Gasteiger partial charge in [0.25, 0.3) is 0 Å². The first kappa shape index (κ1) is 14.5. The number of carbonyl (C=O) groups excluding carboxylic acids is 1. The second-order valence-electron chi connectivity index (χ2n) is 4.17. The maximum absolute atomic E-state index is 11.4. The van der Waals surface area contributed by atoms with Crippen LogP contribution >= 0.6 is 0 Å². The Morgan fingerprint density at radius 2 is 1.73 bits per heavy atom. The highest BCUT2D eigenvalue weighted by Crippen LogP contribution is 2.13. The average Bonchev–Trinajstić information content (AvgIpc) is 2.25. The third-order valence-corrected chi connectivity index (χ3v) is 2.87. The summed E-state index contributed by atoms with van der Waals surface area (Å²) in [4.78, 5) is 11.4. The van der Waals surface area contributed by atoms with E-state index in [1.54, 1.807) is 0 Å². The average molecular weight is 214 g/mol. The van der Waals surface area contributed by atoms with E-state index in [1.165, 1.54) is 19.3 Å². The fourth-order valence-electron chi connectivity index (χ4n) is 1.59. The first-order valence-corrected chi connectivity index (χ1v) is 6.40. The Labute approximate surface area is 94.4 Å². The highest BCUT2D eigenvalue weighted by atomic mass is 16.5. The maximum atomic E-state index is 11.4. The number of hydrogen-bond donors (Lipinski definition) is 0. The van der Waals surface area contributed by atoms with E-state index in [0.29, 0.717) is 18.9 Å². The van der Waals surface area contributed by atoms with E-state index >= 15 is 0 Å². The van der Waals surface area contributed by atoms with Gasteiger partial charge >= 0.3 is 5.97 Å². The highest BCUT2D eigenvalue weighted by molar-refractivity contribution is 5.69. The summed E-state index contributed by atoms with van der Waals surface area (Å²) >= 11 is 0. The third-order valence-electron chi connectivity index (χ3n) is 2.87. The molecule has 15 heavy (non-hydrogen) atoms. The van der Waals surface area contributed by atoms with Crippen molar-refractivity contribution in [2.45, 2.75) is 65.7 Å². The predicted molar refractivity (Wildman–Crippen MR) is 63.8 cm³/mol. The van der Waals surface area contributed by atoms with Crippen LogP contribution in [0.2, 0.25) is 0 Å². The molecule has 0 aromatic heterocycles. The molecule has 0 aliphatic rings. The van der Waals surface area contributed by atoms with Gasteiger partial charge in [-0.05, 0) is 12.3 Å². The summed E-state index contributed by atoms with van der Waals surface area (Å²) < 4.78 is 5.18. The molecule has 2 nitrogen and oxygen atoms in total. The zero-order valence-electron chi connectivity index (χ0n) is 10.6. The van der Waals surface area contributed by atoms with Crippen molar-refractivity contribution < 1.29 is 9.53 Å². The maximum Gasteiger partial charge on any atom is 0.306 e. The van der Waals surface area contributed by atoms with E-state index in [1.807, 2.05) is 0 Å². The summed E-state index contributed by atoms with van der Waals surface area (Å²) in [7, 11) is 0. The number of hydrogen-bond acceptors (Lipinski definition) is 2. The van der Waals surface area contributed by atoms with Crippen molar-refractivity contribution >= 4 is 5.97 Å². The van der Waals surface area contributed by atoms with Crippen molar-refractivity contribution in [1.29, 1.82) is 0 Å². The molecule has 0 aromatic rings. The Bertz CT molecular complexity index is 151. The van der Waals surface area contributed by atoms with Crippen LogP contribution < -0.4 is 0 Å². The van der Waals surface area contributed by atoms with Gasteiger partial charge in [0.1, 0.15) is 0 Å². The molecule has 0 N–H and O–H groups in total. The van der Waals surface area contributed by atoms with Gasteiger partial charge in [-0.25, -0.2) is 0 Å². The van der Waals surface area contributed by atoms with E-state index in [4.69, 9.17) is 4.74 Å². The van der Waals surface area contributed by atoms with Crippen LogP contribution in [-0.2, 0) is 9.53 Å². The second-order valence-corrected chi connectivity index (χ2v) is 4.17. The molecule has 0 saturated heterocycles. The van der Waals surface area contributed by atoms with Gasteiger partial charge in [-0.3, -0.25) is 4.79 Å². The van der Waals surface area contributed by atoms with E-state index in [-0.39, 0.29) is 5.97 Å². The van der Waals surface area contributed by atoms with Crippen molar-refractivity contribution in [3.8, 4) is 0 Å². The smallest absolute Gasteiger partial charge is 0.306 e. The molecule has 0 fully saturated rings. The van der Waals surface area contributed by atoms with Crippen molar-refractivity contribution in [3.63, 3.8) is 0 Å². The quantitative estimate of drug-likeness (QED) is 0.429.